The first kappa shape index (κ1) is 10.9. The van der Waals surface area contributed by atoms with E-state index in [1.54, 1.807) is 0 Å². The maximum Gasteiger partial charge on any atom is 0.0573 e. The quantitative estimate of drug-likeness (QED) is 0.635. The van der Waals surface area contributed by atoms with E-state index in [4.69, 9.17) is 5.73 Å². The number of hydrogen-bond donors (Lipinski definition) is 1. The van der Waals surface area contributed by atoms with Gasteiger partial charge in [0.15, 0.2) is 0 Å². The van der Waals surface area contributed by atoms with Gasteiger partial charge in [-0.25, -0.2) is 0 Å². The van der Waals surface area contributed by atoms with Crippen molar-refractivity contribution in [2.75, 3.05) is 7.05 Å². The molecule has 0 aromatic carbocycles. The predicted molar refractivity (Wildman–Crippen MR) is 50.4 cm³/mol. The second kappa shape index (κ2) is 4.07. The zero-order valence-electron chi connectivity index (χ0n) is 8.52. The number of rotatable bonds is 3. The first-order chi connectivity index (χ1) is 4.89. The maximum absolute atomic E-state index is 5.94. The summed E-state index contributed by atoms with van der Waals surface area (Å²) in [6.07, 6.45) is 2.44. The second-order valence-electron chi connectivity index (χ2n) is 4.14. The summed E-state index contributed by atoms with van der Waals surface area (Å²) in [5.74, 6) is 0. The average molecular weight is 158 g/mol. The number of hydrogen-bond acceptors (Lipinski definition) is 2. The number of nitrogens with two attached hydrogens (primary N) is 1. The molecule has 0 aliphatic heterocycles. The summed E-state index contributed by atoms with van der Waals surface area (Å²) in [4.78, 5) is 2.22. The zero-order chi connectivity index (χ0) is 9.07. The molecule has 0 saturated carbocycles. The van der Waals surface area contributed by atoms with Crippen molar-refractivity contribution in [2.45, 2.75) is 52.2 Å². The third-order valence-electron chi connectivity index (χ3n) is 2.14. The Hall–Kier alpha value is -0.0800. The molecule has 68 valence electrons. The Morgan fingerprint density at radius 2 is 1.82 bits per heavy atom. The van der Waals surface area contributed by atoms with Gasteiger partial charge in [0.1, 0.15) is 0 Å². The van der Waals surface area contributed by atoms with Crippen LogP contribution < -0.4 is 5.73 Å². The van der Waals surface area contributed by atoms with E-state index in [2.05, 4.69) is 39.6 Å². The van der Waals surface area contributed by atoms with Crippen molar-refractivity contribution in [1.82, 2.24) is 4.90 Å². The highest BCUT2D eigenvalue weighted by Crippen LogP contribution is 2.13. The van der Waals surface area contributed by atoms with E-state index in [0.29, 0.717) is 0 Å². The summed E-state index contributed by atoms with van der Waals surface area (Å²) in [5, 5.41) is 0. The van der Waals surface area contributed by atoms with Gasteiger partial charge in [0.2, 0.25) is 0 Å². The largest absolute Gasteiger partial charge is 0.316 e. The fourth-order valence-electron chi connectivity index (χ4n) is 0.987. The average Bonchev–Trinajstić information content (AvgIpc) is 1.85. The van der Waals surface area contributed by atoms with Crippen molar-refractivity contribution in [3.63, 3.8) is 0 Å². The zero-order valence-corrected chi connectivity index (χ0v) is 8.52. The fourth-order valence-corrected chi connectivity index (χ4v) is 0.987. The minimum atomic E-state index is 0.189. The van der Waals surface area contributed by atoms with Crippen LogP contribution in [-0.4, -0.2) is 23.7 Å². The summed E-state index contributed by atoms with van der Waals surface area (Å²) >= 11 is 0. The van der Waals surface area contributed by atoms with E-state index in [9.17, 15) is 0 Å². The molecule has 0 amide bonds. The van der Waals surface area contributed by atoms with Gasteiger partial charge in [-0.15, -0.1) is 0 Å². The Morgan fingerprint density at radius 3 is 2.09 bits per heavy atom. The molecule has 0 heterocycles. The summed E-state index contributed by atoms with van der Waals surface area (Å²) in [6.45, 7) is 8.71. The van der Waals surface area contributed by atoms with E-state index in [-0.39, 0.29) is 11.7 Å². The van der Waals surface area contributed by atoms with Crippen molar-refractivity contribution in [3.8, 4) is 0 Å². The van der Waals surface area contributed by atoms with Gasteiger partial charge in [-0.05, 0) is 34.2 Å². The normalized spacial score (nSPS) is 15.5. The smallest absolute Gasteiger partial charge is 0.0573 e. The summed E-state index contributed by atoms with van der Waals surface area (Å²) in [7, 11) is 2.08. The van der Waals surface area contributed by atoms with Crippen molar-refractivity contribution in [2.24, 2.45) is 5.73 Å². The molecule has 0 radical (unpaired) electrons. The van der Waals surface area contributed by atoms with Crippen molar-refractivity contribution in [1.29, 1.82) is 0 Å². The predicted octanol–water partition coefficient (Wildman–Crippen LogP) is 1.80. The molecule has 0 spiro atoms. The molecule has 0 aliphatic rings. The Kier molecular flexibility index (Phi) is 4.04. The SMILES string of the molecule is CCCC(N)N(C)C(C)(C)C. The molecule has 0 bridgehead atoms. The summed E-state index contributed by atoms with van der Waals surface area (Å²) < 4.78 is 0. The minimum absolute atomic E-state index is 0.189. The molecule has 0 saturated heterocycles. The van der Waals surface area contributed by atoms with E-state index < -0.39 is 0 Å². The van der Waals surface area contributed by atoms with Crippen LogP contribution in [0.4, 0.5) is 0 Å². The maximum atomic E-state index is 5.94. The van der Waals surface area contributed by atoms with E-state index in [1.165, 1.54) is 0 Å². The van der Waals surface area contributed by atoms with Crippen LogP contribution in [0.3, 0.4) is 0 Å². The lowest BCUT2D eigenvalue weighted by atomic mass is 10.1. The van der Waals surface area contributed by atoms with Crippen LogP contribution >= 0.6 is 0 Å². The lowest BCUT2D eigenvalue weighted by Gasteiger charge is -2.36. The topological polar surface area (TPSA) is 29.3 Å². The highest BCUT2D eigenvalue weighted by atomic mass is 15.2. The lowest BCUT2D eigenvalue weighted by molar-refractivity contribution is 0.113. The number of nitrogens with zero attached hydrogens (tertiary/aromatic N) is 1. The molecule has 0 aromatic rings. The lowest BCUT2D eigenvalue weighted by Crippen LogP contribution is -2.49. The highest BCUT2D eigenvalue weighted by molar-refractivity contribution is 4.76. The van der Waals surface area contributed by atoms with Gasteiger partial charge >= 0.3 is 0 Å². The van der Waals surface area contributed by atoms with Crippen molar-refractivity contribution in [3.05, 3.63) is 0 Å². The standard InChI is InChI=1S/C9H22N2/c1-6-7-8(10)11(5)9(2,3)4/h8H,6-7,10H2,1-5H3. The van der Waals surface area contributed by atoms with Crippen LogP contribution in [0, 0.1) is 0 Å². The molecule has 0 fully saturated rings. The molecule has 11 heavy (non-hydrogen) atoms. The molecule has 2 N–H and O–H groups in total. The Balaban J connectivity index is 3.91. The first-order valence-electron chi connectivity index (χ1n) is 4.38. The van der Waals surface area contributed by atoms with Crippen LogP contribution in [0.5, 0.6) is 0 Å². The van der Waals surface area contributed by atoms with Gasteiger partial charge in [-0.1, -0.05) is 13.3 Å². The van der Waals surface area contributed by atoms with Gasteiger partial charge in [0, 0.05) is 5.54 Å². The van der Waals surface area contributed by atoms with Gasteiger partial charge in [0.05, 0.1) is 6.17 Å². The van der Waals surface area contributed by atoms with Crippen LogP contribution in [0.25, 0.3) is 0 Å². The van der Waals surface area contributed by atoms with Gasteiger partial charge < -0.3 is 5.73 Å². The Labute approximate surface area is 70.8 Å². The van der Waals surface area contributed by atoms with E-state index in [1.807, 2.05) is 0 Å². The Bertz CT molecular complexity index is 105. The van der Waals surface area contributed by atoms with Gasteiger partial charge in [-0.2, -0.15) is 0 Å². The van der Waals surface area contributed by atoms with Crippen molar-refractivity contribution < 1.29 is 0 Å². The van der Waals surface area contributed by atoms with Crippen LogP contribution in [-0.2, 0) is 0 Å². The van der Waals surface area contributed by atoms with Crippen LogP contribution in [0.15, 0.2) is 0 Å². The van der Waals surface area contributed by atoms with Gasteiger partial charge in [-0.3, -0.25) is 4.90 Å². The van der Waals surface area contributed by atoms with Crippen LogP contribution in [0.1, 0.15) is 40.5 Å². The molecular formula is C9H22N2. The molecule has 1 atom stereocenters. The third kappa shape index (κ3) is 3.73. The van der Waals surface area contributed by atoms with E-state index in [0.717, 1.165) is 12.8 Å². The van der Waals surface area contributed by atoms with Gasteiger partial charge in [0.25, 0.3) is 0 Å². The van der Waals surface area contributed by atoms with Crippen molar-refractivity contribution >= 4 is 0 Å². The molecule has 1 unspecified atom stereocenters. The summed E-state index contributed by atoms with van der Waals surface area (Å²) in [6, 6.07) is 0. The molecule has 0 rings (SSSR count). The van der Waals surface area contributed by atoms with E-state index >= 15 is 0 Å². The fraction of sp³-hybridized carbons (Fsp3) is 1.00. The third-order valence-corrected chi connectivity index (χ3v) is 2.14. The molecular weight excluding hydrogens is 136 g/mol. The monoisotopic (exact) mass is 158 g/mol. The Morgan fingerprint density at radius 1 is 1.36 bits per heavy atom. The summed E-state index contributed by atoms with van der Waals surface area (Å²) in [5.41, 5.74) is 6.13. The second-order valence-corrected chi connectivity index (χ2v) is 4.14. The highest BCUT2D eigenvalue weighted by Gasteiger charge is 2.21. The first-order valence-corrected chi connectivity index (χ1v) is 4.38. The molecule has 0 aliphatic carbocycles. The molecule has 2 nitrogen and oxygen atoms in total. The minimum Gasteiger partial charge on any atom is -0.316 e. The van der Waals surface area contributed by atoms with Crippen LogP contribution in [0.2, 0.25) is 0 Å². The molecule has 2 heteroatoms. The molecule has 0 aromatic heterocycles.